The molecule has 2 rings (SSSR count). The Kier molecular flexibility index (Phi) is 4.23. The van der Waals surface area contributed by atoms with Crippen LogP contribution >= 0.6 is 27.3 Å². The molecule has 18 heavy (non-hydrogen) atoms. The Bertz CT molecular complexity index is 463. The van der Waals surface area contributed by atoms with E-state index in [4.69, 9.17) is 5.73 Å². The van der Waals surface area contributed by atoms with Gasteiger partial charge in [-0.1, -0.05) is 0 Å². The first kappa shape index (κ1) is 13.4. The van der Waals surface area contributed by atoms with Gasteiger partial charge < -0.3 is 16.0 Å². The second kappa shape index (κ2) is 5.71. The van der Waals surface area contributed by atoms with Crippen LogP contribution in [0, 0.1) is 5.92 Å². The number of carbonyl (C=O) groups is 2. The number of likely N-dealkylation sites (tertiary alicyclic amines) is 1. The first-order chi connectivity index (χ1) is 8.56. The fourth-order valence-corrected chi connectivity index (χ4v) is 3.29. The van der Waals surface area contributed by atoms with Crippen LogP contribution in [0.2, 0.25) is 0 Å². The summed E-state index contributed by atoms with van der Waals surface area (Å²) in [5, 5.41) is 4.81. The lowest BCUT2D eigenvalue weighted by Crippen LogP contribution is -2.39. The summed E-state index contributed by atoms with van der Waals surface area (Å²) in [6.45, 7) is 1.52. The van der Waals surface area contributed by atoms with Gasteiger partial charge in [-0.15, -0.1) is 11.3 Å². The van der Waals surface area contributed by atoms with Crippen LogP contribution < -0.4 is 11.1 Å². The van der Waals surface area contributed by atoms with Crippen LogP contribution in [0.5, 0.6) is 0 Å². The van der Waals surface area contributed by atoms with Crippen molar-refractivity contribution in [2.45, 2.75) is 13.0 Å². The quantitative estimate of drug-likeness (QED) is 0.881. The molecular weight excluding hydrogens is 318 g/mol. The molecule has 0 spiro atoms. The highest BCUT2D eigenvalue weighted by Crippen LogP contribution is 2.20. The van der Waals surface area contributed by atoms with Crippen LogP contribution in [0.25, 0.3) is 0 Å². The summed E-state index contributed by atoms with van der Waals surface area (Å²) in [6.07, 6.45) is 0.660. The number of urea groups is 1. The molecule has 1 atom stereocenters. The van der Waals surface area contributed by atoms with E-state index in [1.165, 1.54) is 0 Å². The van der Waals surface area contributed by atoms with Crippen molar-refractivity contribution >= 4 is 39.2 Å². The molecule has 3 N–H and O–H groups in total. The Morgan fingerprint density at radius 1 is 1.61 bits per heavy atom. The average molecular weight is 332 g/mol. The molecule has 3 amide bonds. The van der Waals surface area contributed by atoms with Crippen molar-refractivity contribution in [2.24, 2.45) is 11.7 Å². The molecule has 0 aromatic carbocycles. The summed E-state index contributed by atoms with van der Waals surface area (Å²) in [6, 6.07) is 1.84. The Hall–Kier alpha value is -1.08. The van der Waals surface area contributed by atoms with E-state index >= 15 is 0 Å². The summed E-state index contributed by atoms with van der Waals surface area (Å²) in [4.78, 5) is 25.6. The number of thiophene rings is 1. The van der Waals surface area contributed by atoms with Crippen molar-refractivity contribution in [3.8, 4) is 0 Å². The highest BCUT2D eigenvalue weighted by atomic mass is 79.9. The first-order valence-electron chi connectivity index (χ1n) is 5.61. The van der Waals surface area contributed by atoms with Crippen molar-refractivity contribution in [2.75, 3.05) is 13.1 Å². The maximum Gasteiger partial charge on any atom is 0.317 e. The first-order valence-corrected chi connectivity index (χ1v) is 7.28. The number of primary amides is 1. The maximum absolute atomic E-state index is 11.8. The molecule has 1 saturated heterocycles. The number of amides is 3. The molecule has 98 valence electrons. The highest BCUT2D eigenvalue weighted by molar-refractivity contribution is 9.10. The number of nitrogens with two attached hydrogens (primary N) is 1. The van der Waals surface area contributed by atoms with Gasteiger partial charge in [0.05, 0.1) is 12.5 Å². The van der Waals surface area contributed by atoms with E-state index in [1.807, 2.05) is 11.4 Å². The molecule has 2 heterocycles. The molecule has 1 aromatic heterocycles. The van der Waals surface area contributed by atoms with Crippen molar-refractivity contribution in [1.29, 1.82) is 0 Å². The van der Waals surface area contributed by atoms with Crippen molar-refractivity contribution in [1.82, 2.24) is 10.2 Å². The zero-order chi connectivity index (χ0) is 13.1. The third-order valence-electron chi connectivity index (χ3n) is 2.91. The van der Waals surface area contributed by atoms with E-state index in [1.54, 1.807) is 16.2 Å². The minimum atomic E-state index is -0.326. The molecule has 1 fully saturated rings. The predicted molar refractivity (Wildman–Crippen MR) is 73.1 cm³/mol. The molecule has 1 aromatic rings. The van der Waals surface area contributed by atoms with Crippen molar-refractivity contribution in [3.63, 3.8) is 0 Å². The molecule has 0 unspecified atom stereocenters. The SMILES string of the molecule is NC(=O)[C@@H]1CCN(C(=O)NCc2cc(Br)cs2)C1. The topological polar surface area (TPSA) is 75.4 Å². The van der Waals surface area contributed by atoms with Gasteiger partial charge in [-0.25, -0.2) is 4.79 Å². The fraction of sp³-hybridized carbons (Fsp3) is 0.455. The maximum atomic E-state index is 11.8. The van der Waals surface area contributed by atoms with E-state index in [0.717, 1.165) is 9.35 Å². The summed E-state index contributed by atoms with van der Waals surface area (Å²) in [7, 11) is 0. The normalized spacial score (nSPS) is 18.9. The number of carbonyl (C=O) groups excluding carboxylic acids is 2. The fourth-order valence-electron chi connectivity index (χ4n) is 1.90. The van der Waals surface area contributed by atoms with Gasteiger partial charge in [-0.05, 0) is 28.4 Å². The third kappa shape index (κ3) is 3.23. The lowest BCUT2D eigenvalue weighted by atomic mass is 10.1. The van der Waals surface area contributed by atoms with Gasteiger partial charge >= 0.3 is 6.03 Å². The van der Waals surface area contributed by atoms with Gasteiger partial charge in [0.1, 0.15) is 0 Å². The van der Waals surface area contributed by atoms with E-state index in [2.05, 4.69) is 21.2 Å². The smallest absolute Gasteiger partial charge is 0.317 e. The second-order valence-electron chi connectivity index (χ2n) is 4.22. The Labute approximate surface area is 117 Å². The van der Waals surface area contributed by atoms with Crippen LogP contribution in [0.4, 0.5) is 4.79 Å². The molecule has 7 heteroatoms. The van der Waals surface area contributed by atoms with Gasteiger partial charge in [-0.3, -0.25) is 4.79 Å². The van der Waals surface area contributed by atoms with Crippen LogP contribution in [0.15, 0.2) is 15.9 Å². The van der Waals surface area contributed by atoms with Crippen LogP contribution in [-0.2, 0) is 11.3 Å². The predicted octanol–water partition coefficient (Wildman–Crippen LogP) is 1.53. The van der Waals surface area contributed by atoms with Crippen molar-refractivity contribution in [3.05, 3.63) is 20.8 Å². The van der Waals surface area contributed by atoms with E-state index in [-0.39, 0.29) is 17.9 Å². The van der Waals surface area contributed by atoms with Crippen LogP contribution in [-0.4, -0.2) is 29.9 Å². The summed E-state index contributed by atoms with van der Waals surface area (Å²) in [5.41, 5.74) is 5.23. The summed E-state index contributed by atoms with van der Waals surface area (Å²) < 4.78 is 1.02. The van der Waals surface area contributed by atoms with Gasteiger partial charge in [0.15, 0.2) is 0 Å². The lowest BCUT2D eigenvalue weighted by Gasteiger charge is -2.16. The largest absolute Gasteiger partial charge is 0.369 e. The molecule has 0 aliphatic carbocycles. The molecular formula is C11H14BrN3O2S. The van der Waals surface area contributed by atoms with E-state index in [0.29, 0.717) is 26.1 Å². The number of hydrogen-bond donors (Lipinski definition) is 2. The average Bonchev–Trinajstić information content (AvgIpc) is 2.94. The Morgan fingerprint density at radius 3 is 2.94 bits per heavy atom. The monoisotopic (exact) mass is 331 g/mol. The lowest BCUT2D eigenvalue weighted by molar-refractivity contribution is -0.121. The zero-order valence-corrected chi connectivity index (χ0v) is 12.1. The van der Waals surface area contributed by atoms with Gasteiger partial charge in [0.2, 0.25) is 5.91 Å². The molecule has 5 nitrogen and oxygen atoms in total. The van der Waals surface area contributed by atoms with Crippen LogP contribution in [0.3, 0.4) is 0 Å². The Morgan fingerprint density at radius 2 is 2.39 bits per heavy atom. The number of nitrogens with one attached hydrogen (secondary N) is 1. The summed E-state index contributed by atoms with van der Waals surface area (Å²) in [5.74, 6) is -0.529. The standard InChI is InChI=1S/C11H14BrN3O2S/c12-8-3-9(18-6-8)4-14-11(17)15-2-1-7(5-15)10(13)16/h3,6-7H,1-2,4-5H2,(H2,13,16)(H,14,17)/t7-/m1/s1. The zero-order valence-electron chi connectivity index (χ0n) is 9.69. The molecule has 0 saturated carbocycles. The molecule has 0 bridgehead atoms. The van der Waals surface area contributed by atoms with Gasteiger partial charge in [-0.2, -0.15) is 0 Å². The number of hydrogen-bond acceptors (Lipinski definition) is 3. The minimum absolute atomic E-state index is 0.136. The summed E-state index contributed by atoms with van der Waals surface area (Å²) >= 11 is 4.95. The minimum Gasteiger partial charge on any atom is -0.369 e. The van der Waals surface area contributed by atoms with Crippen LogP contribution in [0.1, 0.15) is 11.3 Å². The molecule has 0 radical (unpaired) electrons. The number of nitrogens with zero attached hydrogens (tertiary/aromatic N) is 1. The number of rotatable bonds is 3. The third-order valence-corrected chi connectivity index (χ3v) is 4.61. The van der Waals surface area contributed by atoms with E-state index < -0.39 is 0 Å². The second-order valence-corrected chi connectivity index (χ2v) is 6.14. The molecule has 1 aliphatic rings. The van der Waals surface area contributed by atoms with Gasteiger partial charge in [0.25, 0.3) is 0 Å². The van der Waals surface area contributed by atoms with E-state index in [9.17, 15) is 9.59 Å². The van der Waals surface area contributed by atoms with Crippen molar-refractivity contribution < 1.29 is 9.59 Å². The molecule has 1 aliphatic heterocycles. The Balaban J connectivity index is 1.80. The highest BCUT2D eigenvalue weighted by Gasteiger charge is 2.29. The van der Waals surface area contributed by atoms with Gasteiger partial charge in [0, 0.05) is 27.8 Å². The number of halogens is 1.